The van der Waals surface area contributed by atoms with Crippen LogP contribution in [0.5, 0.6) is 0 Å². The van der Waals surface area contributed by atoms with E-state index < -0.39 is 0 Å². The Bertz CT molecular complexity index is 1080. The Labute approximate surface area is 162 Å². The van der Waals surface area contributed by atoms with E-state index >= 15 is 0 Å². The third-order valence-corrected chi connectivity index (χ3v) is 5.74. The second-order valence-electron chi connectivity index (χ2n) is 7.60. The van der Waals surface area contributed by atoms with Crippen molar-refractivity contribution in [1.82, 2.24) is 19.7 Å². The molecule has 1 saturated heterocycles. The number of hydrogen-bond donors (Lipinski definition) is 0. The monoisotopic (exact) mass is 372 g/mol. The lowest BCUT2D eigenvalue weighted by Gasteiger charge is -2.42. The van der Waals surface area contributed by atoms with Crippen molar-refractivity contribution in [2.45, 2.75) is 18.9 Å². The van der Waals surface area contributed by atoms with Crippen LogP contribution < -0.4 is 5.56 Å². The number of nitrogens with zero attached hydrogens (tertiary/aromatic N) is 4. The van der Waals surface area contributed by atoms with Gasteiger partial charge in [0.15, 0.2) is 5.69 Å². The summed E-state index contributed by atoms with van der Waals surface area (Å²) in [6.07, 6.45) is 2.57. The highest BCUT2D eigenvalue weighted by Gasteiger charge is 2.37. The summed E-state index contributed by atoms with van der Waals surface area (Å²) in [6, 6.07) is 17.2. The minimum absolute atomic E-state index is 0.0414. The molecule has 28 heavy (non-hydrogen) atoms. The number of fused-ring (bicyclic) bond motifs is 4. The normalized spacial score (nSPS) is 20.5. The molecule has 2 aliphatic rings. The smallest absolute Gasteiger partial charge is 0.274 e. The van der Waals surface area contributed by atoms with Crippen LogP contribution in [0.3, 0.4) is 0 Å². The molecule has 2 aliphatic heterocycles. The summed E-state index contributed by atoms with van der Waals surface area (Å²) in [5, 5.41) is 7.79. The maximum absolute atomic E-state index is 12.9. The molecule has 2 aromatic heterocycles. The van der Waals surface area contributed by atoms with Crippen molar-refractivity contribution < 1.29 is 4.79 Å². The zero-order valence-corrected chi connectivity index (χ0v) is 15.4. The molecular formula is C22H20N4O2. The van der Waals surface area contributed by atoms with Crippen molar-refractivity contribution >= 4 is 5.91 Å². The van der Waals surface area contributed by atoms with Crippen LogP contribution in [0.4, 0.5) is 0 Å². The molecule has 0 N–H and O–H groups in total. The lowest BCUT2D eigenvalue weighted by Crippen LogP contribution is -2.49. The number of aromatic nitrogens is 3. The standard InChI is InChI=1S/C22H20N4O2/c27-21-11-17(16-5-2-1-3-6-16)10-20-18-9-15(13-26(20)21)12-25(14-18)22(28)19-7-4-8-23-24-19/h1-8,10-11,15,18H,9,12-14H2/t15-,18+/m0/s1. The first-order chi connectivity index (χ1) is 13.7. The first-order valence-corrected chi connectivity index (χ1v) is 9.56. The highest BCUT2D eigenvalue weighted by atomic mass is 16.2. The summed E-state index contributed by atoms with van der Waals surface area (Å²) in [6.45, 7) is 1.91. The van der Waals surface area contributed by atoms with Crippen molar-refractivity contribution in [2.24, 2.45) is 5.92 Å². The lowest BCUT2D eigenvalue weighted by molar-refractivity contribution is 0.0587. The molecule has 1 aromatic carbocycles. The quantitative estimate of drug-likeness (QED) is 0.693. The number of carbonyl (C=O) groups excluding carboxylic acids is 1. The number of carbonyl (C=O) groups is 1. The topological polar surface area (TPSA) is 68.1 Å². The van der Waals surface area contributed by atoms with Crippen molar-refractivity contribution in [3.63, 3.8) is 0 Å². The fourth-order valence-electron chi connectivity index (χ4n) is 4.50. The second-order valence-corrected chi connectivity index (χ2v) is 7.60. The SMILES string of the molecule is O=C(c1cccnn1)N1C[C@@H]2C[C@H](C1)c1cc(-c3ccccc3)cc(=O)n1C2. The van der Waals surface area contributed by atoms with E-state index in [-0.39, 0.29) is 23.3 Å². The van der Waals surface area contributed by atoms with E-state index in [4.69, 9.17) is 0 Å². The molecule has 140 valence electrons. The van der Waals surface area contributed by atoms with Crippen molar-refractivity contribution in [2.75, 3.05) is 13.1 Å². The fraction of sp³-hybridized carbons (Fsp3) is 0.273. The third-order valence-electron chi connectivity index (χ3n) is 5.74. The van der Waals surface area contributed by atoms with E-state index in [0.29, 0.717) is 25.3 Å². The van der Waals surface area contributed by atoms with Gasteiger partial charge in [0, 0.05) is 43.5 Å². The minimum Gasteiger partial charge on any atom is -0.336 e. The molecule has 1 fully saturated rings. The molecule has 0 aliphatic carbocycles. The Hall–Kier alpha value is -3.28. The first-order valence-electron chi connectivity index (χ1n) is 9.56. The molecule has 1 amide bonds. The molecule has 2 atom stereocenters. The van der Waals surface area contributed by atoms with Gasteiger partial charge < -0.3 is 9.47 Å². The Morgan fingerprint density at radius 2 is 1.82 bits per heavy atom. The lowest BCUT2D eigenvalue weighted by atomic mass is 9.82. The van der Waals surface area contributed by atoms with Gasteiger partial charge in [0.25, 0.3) is 11.5 Å². The summed E-state index contributed by atoms with van der Waals surface area (Å²) in [5.41, 5.74) is 3.41. The van der Waals surface area contributed by atoms with Gasteiger partial charge in [0.2, 0.25) is 0 Å². The molecule has 5 rings (SSSR count). The van der Waals surface area contributed by atoms with Gasteiger partial charge in [-0.05, 0) is 41.7 Å². The van der Waals surface area contributed by atoms with Gasteiger partial charge in [0.1, 0.15) is 0 Å². The Kier molecular flexibility index (Phi) is 4.04. The van der Waals surface area contributed by atoms with Gasteiger partial charge in [-0.25, -0.2) is 0 Å². The van der Waals surface area contributed by atoms with Crippen LogP contribution >= 0.6 is 0 Å². The van der Waals surface area contributed by atoms with Gasteiger partial charge in [-0.15, -0.1) is 5.10 Å². The molecular weight excluding hydrogens is 352 g/mol. The number of benzene rings is 1. The molecule has 0 spiro atoms. The first kappa shape index (κ1) is 16.9. The van der Waals surface area contributed by atoms with E-state index in [9.17, 15) is 9.59 Å². The molecule has 0 radical (unpaired) electrons. The van der Waals surface area contributed by atoms with Crippen LogP contribution in [0.15, 0.2) is 65.6 Å². The predicted molar refractivity (Wildman–Crippen MR) is 105 cm³/mol. The highest BCUT2D eigenvalue weighted by molar-refractivity contribution is 5.92. The van der Waals surface area contributed by atoms with Gasteiger partial charge >= 0.3 is 0 Å². The second kappa shape index (κ2) is 6.71. The minimum atomic E-state index is -0.0854. The van der Waals surface area contributed by atoms with Crippen molar-refractivity contribution in [3.8, 4) is 11.1 Å². The van der Waals surface area contributed by atoms with Crippen molar-refractivity contribution in [1.29, 1.82) is 0 Å². The average molecular weight is 372 g/mol. The number of rotatable bonds is 2. The Morgan fingerprint density at radius 1 is 0.964 bits per heavy atom. The maximum atomic E-state index is 12.9. The average Bonchev–Trinajstić information content (AvgIpc) is 2.75. The highest BCUT2D eigenvalue weighted by Crippen LogP contribution is 2.36. The maximum Gasteiger partial charge on any atom is 0.274 e. The van der Waals surface area contributed by atoms with E-state index in [2.05, 4.69) is 16.3 Å². The molecule has 6 heteroatoms. The number of piperidine rings is 1. The van der Waals surface area contributed by atoms with Gasteiger partial charge in [0.05, 0.1) is 0 Å². The van der Waals surface area contributed by atoms with Crippen LogP contribution in [0.1, 0.15) is 28.5 Å². The number of pyridine rings is 1. The van der Waals surface area contributed by atoms with Crippen LogP contribution in [-0.4, -0.2) is 38.7 Å². The van der Waals surface area contributed by atoms with Gasteiger partial charge in [-0.2, -0.15) is 5.10 Å². The summed E-state index contributed by atoms with van der Waals surface area (Å²) < 4.78 is 1.90. The third kappa shape index (κ3) is 2.91. The molecule has 0 unspecified atom stereocenters. The van der Waals surface area contributed by atoms with Crippen molar-refractivity contribution in [3.05, 3.63) is 82.5 Å². The van der Waals surface area contributed by atoms with Crippen LogP contribution in [-0.2, 0) is 6.54 Å². The number of hydrogen-bond acceptors (Lipinski definition) is 4. The summed E-state index contributed by atoms with van der Waals surface area (Å²) in [5.74, 6) is 0.356. The van der Waals surface area contributed by atoms with E-state index in [0.717, 1.165) is 23.2 Å². The predicted octanol–water partition coefficient (Wildman–Crippen LogP) is 2.56. The summed E-state index contributed by atoms with van der Waals surface area (Å²) >= 11 is 0. The zero-order valence-electron chi connectivity index (χ0n) is 15.4. The van der Waals surface area contributed by atoms with Crippen LogP contribution in [0.2, 0.25) is 0 Å². The zero-order chi connectivity index (χ0) is 19.1. The largest absolute Gasteiger partial charge is 0.336 e. The van der Waals surface area contributed by atoms with E-state index in [1.165, 1.54) is 0 Å². The summed E-state index contributed by atoms with van der Waals surface area (Å²) in [4.78, 5) is 27.5. The number of likely N-dealkylation sites (tertiary alicyclic amines) is 1. The van der Waals surface area contributed by atoms with Crippen LogP contribution in [0, 0.1) is 5.92 Å². The Morgan fingerprint density at radius 3 is 2.61 bits per heavy atom. The summed E-state index contributed by atoms with van der Waals surface area (Å²) in [7, 11) is 0. The molecule has 6 nitrogen and oxygen atoms in total. The van der Waals surface area contributed by atoms with Gasteiger partial charge in [-0.1, -0.05) is 30.3 Å². The van der Waals surface area contributed by atoms with E-state index in [1.807, 2.05) is 39.8 Å². The molecule has 2 bridgehead atoms. The molecule has 3 aromatic rings. The fourth-order valence-corrected chi connectivity index (χ4v) is 4.50. The molecule has 0 saturated carbocycles. The molecule has 4 heterocycles. The van der Waals surface area contributed by atoms with Crippen LogP contribution in [0.25, 0.3) is 11.1 Å². The Balaban J connectivity index is 1.50. The number of amides is 1. The van der Waals surface area contributed by atoms with E-state index in [1.54, 1.807) is 24.4 Å². The van der Waals surface area contributed by atoms with Gasteiger partial charge in [-0.3, -0.25) is 9.59 Å².